The van der Waals surface area contributed by atoms with Crippen LogP contribution in [0.2, 0.25) is 0 Å². The van der Waals surface area contributed by atoms with E-state index in [4.69, 9.17) is 5.41 Å². The first-order valence-corrected chi connectivity index (χ1v) is 12.1. The van der Waals surface area contributed by atoms with E-state index in [0.29, 0.717) is 5.71 Å². The molecule has 0 heterocycles. The van der Waals surface area contributed by atoms with Crippen molar-refractivity contribution in [2.45, 2.75) is 54.9 Å². The Morgan fingerprint density at radius 1 is 0.971 bits per heavy atom. The van der Waals surface area contributed by atoms with E-state index in [9.17, 15) is 0 Å². The van der Waals surface area contributed by atoms with Gasteiger partial charge in [0.15, 0.2) is 0 Å². The molecule has 34 heavy (non-hydrogen) atoms. The predicted molar refractivity (Wildman–Crippen MR) is 156 cm³/mol. The molecule has 0 saturated carbocycles. The van der Waals surface area contributed by atoms with Crippen LogP contribution in [0.5, 0.6) is 0 Å². The molecule has 0 atom stereocenters. The van der Waals surface area contributed by atoms with Crippen LogP contribution in [-0.2, 0) is 6.42 Å². The Balaban J connectivity index is 0. The third-order valence-corrected chi connectivity index (χ3v) is 4.66. The lowest BCUT2D eigenvalue weighted by Crippen LogP contribution is -2.08. The number of nitrogens with zero attached hydrogens (tertiary/aromatic N) is 1. The van der Waals surface area contributed by atoms with Gasteiger partial charge in [-0.25, -0.2) is 0 Å². The van der Waals surface area contributed by atoms with Crippen LogP contribution in [-0.4, -0.2) is 17.7 Å². The third-order valence-electron chi connectivity index (χ3n) is 4.66. The monoisotopic (exact) mass is 458 g/mol. The smallest absolute Gasteiger partial charge is 0.0609 e. The van der Waals surface area contributed by atoms with E-state index in [2.05, 4.69) is 50.4 Å². The van der Waals surface area contributed by atoms with Crippen LogP contribution in [0.3, 0.4) is 0 Å². The first-order chi connectivity index (χ1) is 16.4. The molecule has 1 N–H and O–H groups in total. The molecule has 0 amide bonds. The molecule has 0 spiro atoms. The van der Waals surface area contributed by atoms with Crippen molar-refractivity contribution in [3.63, 3.8) is 0 Å². The molecule has 2 heteroatoms. The summed E-state index contributed by atoms with van der Waals surface area (Å²) in [6.45, 7) is 21.7. The number of hydrogen-bond donors (Lipinski definition) is 1. The van der Waals surface area contributed by atoms with Gasteiger partial charge in [-0.1, -0.05) is 120 Å². The minimum Gasteiger partial charge on any atom is -0.352 e. The van der Waals surface area contributed by atoms with Gasteiger partial charge < -0.3 is 10.3 Å². The second-order valence-corrected chi connectivity index (χ2v) is 6.93. The minimum atomic E-state index is 0.559. The summed E-state index contributed by atoms with van der Waals surface area (Å²) in [5.41, 5.74) is 6.25. The second kappa shape index (κ2) is 21.5. The summed E-state index contributed by atoms with van der Waals surface area (Å²) >= 11 is 0. The molecule has 2 rings (SSSR count). The summed E-state index contributed by atoms with van der Waals surface area (Å²) in [7, 11) is 1.93. The zero-order valence-corrected chi connectivity index (χ0v) is 22.7. The molecule has 2 nitrogen and oxygen atoms in total. The van der Waals surface area contributed by atoms with Crippen LogP contribution >= 0.6 is 0 Å². The van der Waals surface area contributed by atoms with Crippen molar-refractivity contribution >= 4 is 5.71 Å². The number of benzene rings is 2. The van der Waals surface area contributed by atoms with Crippen molar-refractivity contribution in [1.29, 1.82) is 5.41 Å². The first kappa shape index (κ1) is 32.8. The molecule has 0 saturated heterocycles. The molecular formula is C32H46N2. The van der Waals surface area contributed by atoms with Gasteiger partial charge >= 0.3 is 0 Å². The fourth-order valence-corrected chi connectivity index (χ4v) is 2.58. The van der Waals surface area contributed by atoms with E-state index < -0.39 is 0 Å². The fourth-order valence-electron chi connectivity index (χ4n) is 2.58. The molecule has 0 aliphatic heterocycles. The third kappa shape index (κ3) is 13.9. The highest BCUT2D eigenvalue weighted by molar-refractivity contribution is 6.06. The molecule has 0 aromatic heterocycles. The molecule has 184 valence electrons. The van der Waals surface area contributed by atoms with Crippen molar-refractivity contribution in [2.75, 3.05) is 7.05 Å². The summed E-state index contributed by atoms with van der Waals surface area (Å²) in [5, 5.41) is 7.96. The quantitative estimate of drug-likeness (QED) is 0.309. The standard InChI is InChI=1S/C17H17N.C11H17N.2C2H6/c1-14-8-5-6-9-15(14)12-7-13-17(18)16-10-3-2-4-11-16;1-6-8-9-10(3)11(4)12(5)7-2;2*1-2/h2-11,13,18H,12H2,1H3;6-9H,2,4H2,1,3,5H3;2*1-2H3/b13-7-,18-17?;8-6-,10-9+;;. The maximum Gasteiger partial charge on any atom is 0.0609 e. The highest BCUT2D eigenvalue weighted by atomic mass is 15.1. The van der Waals surface area contributed by atoms with Crippen LogP contribution < -0.4 is 0 Å². The highest BCUT2D eigenvalue weighted by Gasteiger charge is 1.98. The molecule has 0 aliphatic rings. The van der Waals surface area contributed by atoms with E-state index >= 15 is 0 Å². The summed E-state index contributed by atoms with van der Waals surface area (Å²) in [4.78, 5) is 1.90. The fraction of sp³-hybridized carbons (Fsp3) is 0.281. The zero-order chi connectivity index (χ0) is 26.4. The van der Waals surface area contributed by atoms with Crippen molar-refractivity contribution in [3.8, 4) is 0 Å². The Kier molecular flexibility index (Phi) is 20.7. The van der Waals surface area contributed by atoms with Crippen molar-refractivity contribution in [2.24, 2.45) is 0 Å². The summed E-state index contributed by atoms with van der Waals surface area (Å²) in [6.07, 6.45) is 12.6. The summed E-state index contributed by atoms with van der Waals surface area (Å²) < 4.78 is 0. The predicted octanol–water partition coefficient (Wildman–Crippen LogP) is 9.31. The normalized spacial score (nSPS) is 10.2. The number of rotatable bonds is 8. The van der Waals surface area contributed by atoms with Crippen molar-refractivity contribution in [3.05, 3.63) is 132 Å². The van der Waals surface area contributed by atoms with Gasteiger partial charge in [0.05, 0.1) is 5.71 Å². The van der Waals surface area contributed by atoms with Gasteiger partial charge in [-0.15, -0.1) is 0 Å². The number of likely N-dealkylation sites (N-methyl/N-ethyl adjacent to an activating group) is 1. The van der Waals surface area contributed by atoms with E-state index in [0.717, 1.165) is 23.3 Å². The van der Waals surface area contributed by atoms with Crippen LogP contribution in [0.25, 0.3) is 0 Å². The van der Waals surface area contributed by atoms with Crippen molar-refractivity contribution < 1.29 is 0 Å². The average molecular weight is 459 g/mol. The maximum atomic E-state index is 7.96. The average Bonchev–Trinajstić information content (AvgIpc) is 2.90. The number of hydrogen-bond acceptors (Lipinski definition) is 2. The van der Waals surface area contributed by atoms with Crippen LogP contribution in [0, 0.1) is 12.3 Å². The molecule has 0 bridgehead atoms. The molecule has 0 radical (unpaired) electrons. The molecule has 2 aromatic rings. The Bertz CT molecular complexity index is 915. The Morgan fingerprint density at radius 2 is 1.53 bits per heavy atom. The minimum absolute atomic E-state index is 0.559. The van der Waals surface area contributed by atoms with Gasteiger partial charge in [0.25, 0.3) is 0 Å². The van der Waals surface area contributed by atoms with E-state index in [1.54, 1.807) is 6.20 Å². The van der Waals surface area contributed by atoms with E-state index in [-0.39, 0.29) is 0 Å². The molecule has 0 aliphatic carbocycles. The summed E-state index contributed by atoms with van der Waals surface area (Å²) in [5.74, 6) is 0. The topological polar surface area (TPSA) is 27.1 Å². The maximum absolute atomic E-state index is 7.96. The molecule has 0 unspecified atom stereocenters. The first-order valence-electron chi connectivity index (χ1n) is 12.1. The van der Waals surface area contributed by atoms with Gasteiger partial charge in [0.1, 0.15) is 0 Å². The van der Waals surface area contributed by atoms with Gasteiger partial charge in [0.2, 0.25) is 0 Å². The lowest BCUT2D eigenvalue weighted by atomic mass is 10.0. The van der Waals surface area contributed by atoms with Gasteiger partial charge in [0, 0.05) is 12.7 Å². The Morgan fingerprint density at radius 3 is 2.06 bits per heavy atom. The van der Waals surface area contributed by atoms with Gasteiger partial charge in [-0.2, -0.15) is 0 Å². The van der Waals surface area contributed by atoms with Crippen molar-refractivity contribution in [1.82, 2.24) is 4.90 Å². The largest absolute Gasteiger partial charge is 0.352 e. The Hall–Kier alpha value is -3.39. The number of nitrogens with one attached hydrogen (secondary N) is 1. The second-order valence-electron chi connectivity index (χ2n) is 6.93. The number of allylic oxidation sites excluding steroid dienone is 6. The summed E-state index contributed by atoms with van der Waals surface area (Å²) in [6, 6.07) is 18.2. The SMILES string of the molecule is C=CN(C)C(=C)/C(C)=C/C=C\C.CC.CC.Cc1ccccc1C/C=C\C(=N)c1ccccc1. The molecule has 2 aromatic carbocycles. The van der Waals surface area contributed by atoms with Gasteiger partial charge in [-0.05, 0) is 61.7 Å². The van der Waals surface area contributed by atoms with Gasteiger partial charge in [-0.3, -0.25) is 0 Å². The van der Waals surface area contributed by atoms with Crippen LogP contribution in [0.1, 0.15) is 58.2 Å². The van der Waals surface area contributed by atoms with Crippen LogP contribution in [0.4, 0.5) is 0 Å². The highest BCUT2D eigenvalue weighted by Crippen LogP contribution is 2.11. The van der Waals surface area contributed by atoms with E-state index in [1.807, 2.05) is 108 Å². The lowest BCUT2D eigenvalue weighted by Gasteiger charge is -2.16. The molecular weight excluding hydrogens is 412 g/mol. The molecule has 0 fully saturated rings. The zero-order valence-electron chi connectivity index (χ0n) is 22.7. The van der Waals surface area contributed by atoms with Crippen LogP contribution in [0.15, 0.2) is 116 Å². The lowest BCUT2D eigenvalue weighted by molar-refractivity contribution is 0.583. The van der Waals surface area contributed by atoms with E-state index in [1.165, 1.54) is 11.1 Å². The number of aryl methyl sites for hydroxylation is 1. The Labute approximate surface area is 210 Å².